The van der Waals surface area contributed by atoms with E-state index in [1.54, 1.807) is 29.6 Å². The van der Waals surface area contributed by atoms with Crippen molar-refractivity contribution in [3.63, 3.8) is 0 Å². The Morgan fingerprint density at radius 1 is 1.04 bits per heavy atom. The van der Waals surface area contributed by atoms with Crippen LogP contribution < -0.4 is 10.1 Å². The highest BCUT2D eigenvalue weighted by Gasteiger charge is 2.14. The minimum absolute atomic E-state index is 0.157. The lowest BCUT2D eigenvalue weighted by atomic mass is 10.2. The van der Waals surface area contributed by atoms with Crippen LogP contribution in [0.4, 0.5) is 5.69 Å². The second-order valence-corrected chi connectivity index (χ2v) is 5.86. The van der Waals surface area contributed by atoms with Crippen molar-refractivity contribution in [1.82, 2.24) is 4.98 Å². The van der Waals surface area contributed by atoms with Crippen molar-refractivity contribution in [3.8, 4) is 16.3 Å². The highest BCUT2D eigenvalue weighted by Crippen LogP contribution is 2.24. The van der Waals surface area contributed by atoms with Gasteiger partial charge in [-0.15, -0.1) is 11.3 Å². The number of anilines is 1. The number of rotatable bonds is 4. The second kappa shape index (κ2) is 7.06. The fraction of sp³-hybridized carbons (Fsp3) is 0.0556. The first kappa shape index (κ1) is 15.9. The number of benzene rings is 2. The molecule has 5 nitrogen and oxygen atoms in total. The molecule has 3 rings (SSSR count). The Kier molecular flexibility index (Phi) is 4.67. The topological polar surface area (TPSA) is 68.3 Å². The number of ether oxygens (including phenoxy) is 1. The molecule has 0 saturated heterocycles. The predicted molar refractivity (Wildman–Crippen MR) is 93.3 cm³/mol. The number of esters is 1. The van der Waals surface area contributed by atoms with Gasteiger partial charge in [0.25, 0.3) is 0 Å². The molecule has 3 aromatic rings. The number of thiazole rings is 1. The highest BCUT2D eigenvalue weighted by atomic mass is 32.1. The van der Waals surface area contributed by atoms with Crippen molar-refractivity contribution in [2.45, 2.75) is 6.92 Å². The van der Waals surface area contributed by atoms with Gasteiger partial charge >= 0.3 is 5.97 Å². The van der Waals surface area contributed by atoms with Gasteiger partial charge in [0.1, 0.15) is 10.8 Å². The van der Waals surface area contributed by atoms with Gasteiger partial charge in [-0.25, -0.2) is 9.78 Å². The van der Waals surface area contributed by atoms with E-state index in [0.29, 0.717) is 11.4 Å². The van der Waals surface area contributed by atoms with Gasteiger partial charge in [-0.3, -0.25) is 4.79 Å². The standard InChI is InChI=1S/C18H14N2O3S/c1-12(21)19-14-7-9-15(10-8-14)23-18(22)16-11-24-17(20-16)13-5-3-2-4-6-13/h2-11H,1H3,(H,19,21). The van der Waals surface area contributed by atoms with Crippen LogP contribution in [-0.4, -0.2) is 16.9 Å². The summed E-state index contributed by atoms with van der Waals surface area (Å²) in [5, 5.41) is 5.09. The number of hydrogen-bond acceptors (Lipinski definition) is 5. The molecule has 120 valence electrons. The van der Waals surface area contributed by atoms with Gasteiger partial charge < -0.3 is 10.1 Å². The minimum atomic E-state index is -0.513. The molecule has 0 fully saturated rings. The van der Waals surface area contributed by atoms with E-state index in [1.165, 1.54) is 18.3 Å². The summed E-state index contributed by atoms with van der Waals surface area (Å²) in [6, 6.07) is 16.2. The molecular weight excluding hydrogens is 324 g/mol. The zero-order chi connectivity index (χ0) is 16.9. The second-order valence-electron chi connectivity index (χ2n) is 5.00. The first-order valence-electron chi connectivity index (χ1n) is 7.22. The van der Waals surface area contributed by atoms with Crippen LogP contribution in [0.1, 0.15) is 17.4 Å². The first-order chi connectivity index (χ1) is 11.6. The first-order valence-corrected chi connectivity index (χ1v) is 8.10. The fourth-order valence-corrected chi connectivity index (χ4v) is 2.85. The van der Waals surface area contributed by atoms with Gasteiger partial charge in [0.2, 0.25) is 5.91 Å². The molecule has 1 aromatic heterocycles. The Balaban J connectivity index is 1.69. The maximum atomic E-state index is 12.2. The van der Waals surface area contributed by atoms with Crippen LogP contribution in [-0.2, 0) is 4.79 Å². The summed E-state index contributed by atoms with van der Waals surface area (Å²) in [6.07, 6.45) is 0. The van der Waals surface area contributed by atoms with Crippen molar-refractivity contribution in [1.29, 1.82) is 0 Å². The molecule has 0 bridgehead atoms. The van der Waals surface area contributed by atoms with E-state index < -0.39 is 5.97 Å². The molecule has 0 atom stereocenters. The SMILES string of the molecule is CC(=O)Nc1ccc(OC(=O)c2csc(-c3ccccc3)n2)cc1. The van der Waals surface area contributed by atoms with Crippen LogP contribution in [0.25, 0.3) is 10.6 Å². The van der Waals surface area contributed by atoms with Gasteiger partial charge in [0.15, 0.2) is 5.69 Å². The van der Waals surface area contributed by atoms with Gasteiger partial charge in [0.05, 0.1) is 0 Å². The molecular formula is C18H14N2O3S. The van der Waals surface area contributed by atoms with Gasteiger partial charge in [-0.2, -0.15) is 0 Å². The van der Waals surface area contributed by atoms with Crippen LogP contribution in [0, 0.1) is 0 Å². The largest absolute Gasteiger partial charge is 0.422 e. The molecule has 0 aliphatic rings. The molecule has 0 unspecified atom stereocenters. The molecule has 1 heterocycles. The van der Waals surface area contributed by atoms with Crippen LogP contribution in [0.2, 0.25) is 0 Å². The van der Waals surface area contributed by atoms with Crippen molar-refractivity contribution >= 4 is 28.9 Å². The molecule has 6 heteroatoms. The monoisotopic (exact) mass is 338 g/mol. The number of amides is 1. The number of carbonyl (C=O) groups is 2. The van der Waals surface area contributed by atoms with E-state index in [9.17, 15) is 9.59 Å². The van der Waals surface area contributed by atoms with Crippen molar-refractivity contribution in [2.75, 3.05) is 5.32 Å². The number of nitrogens with one attached hydrogen (secondary N) is 1. The zero-order valence-electron chi connectivity index (χ0n) is 12.9. The third-order valence-electron chi connectivity index (χ3n) is 3.12. The quantitative estimate of drug-likeness (QED) is 0.577. The predicted octanol–water partition coefficient (Wildman–Crippen LogP) is 3.99. The Labute approximate surface area is 142 Å². The van der Waals surface area contributed by atoms with E-state index in [4.69, 9.17) is 4.74 Å². The Morgan fingerprint density at radius 3 is 2.42 bits per heavy atom. The Hall–Kier alpha value is -2.99. The summed E-state index contributed by atoms with van der Waals surface area (Å²) in [4.78, 5) is 27.5. The summed E-state index contributed by atoms with van der Waals surface area (Å²) < 4.78 is 5.30. The molecule has 0 saturated carbocycles. The van der Waals surface area contributed by atoms with Crippen LogP contribution in [0.3, 0.4) is 0 Å². The summed E-state index contributed by atoms with van der Waals surface area (Å²) in [5.41, 5.74) is 1.87. The van der Waals surface area contributed by atoms with E-state index in [1.807, 2.05) is 30.3 Å². The summed E-state index contributed by atoms with van der Waals surface area (Å²) >= 11 is 1.39. The Morgan fingerprint density at radius 2 is 1.75 bits per heavy atom. The van der Waals surface area contributed by atoms with Gasteiger partial charge in [-0.05, 0) is 24.3 Å². The van der Waals surface area contributed by atoms with Crippen LogP contribution in [0.15, 0.2) is 60.0 Å². The minimum Gasteiger partial charge on any atom is -0.422 e. The van der Waals surface area contributed by atoms with Crippen molar-refractivity contribution in [3.05, 3.63) is 65.7 Å². The number of carbonyl (C=O) groups excluding carboxylic acids is 2. The number of aromatic nitrogens is 1. The zero-order valence-corrected chi connectivity index (χ0v) is 13.7. The Bertz CT molecular complexity index is 857. The van der Waals surface area contributed by atoms with E-state index in [0.717, 1.165) is 10.6 Å². The number of nitrogens with zero attached hydrogens (tertiary/aromatic N) is 1. The molecule has 0 aliphatic carbocycles. The van der Waals surface area contributed by atoms with E-state index in [2.05, 4.69) is 10.3 Å². The normalized spacial score (nSPS) is 10.2. The summed E-state index contributed by atoms with van der Waals surface area (Å²) in [5.74, 6) is -0.278. The van der Waals surface area contributed by atoms with Crippen molar-refractivity contribution in [2.24, 2.45) is 0 Å². The summed E-state index contributed by atoms with van der Waals surface area (Å²) in [7, 11) is 0. The highest BCUT2D eigenvalue weighted by molar-refractivity contribution is 7.13. The lowest BCUT2D eigenvalue weighted by Crippen LogP contribution is -2.09. The van der Waals surface area contributed by atoms with Gasteiger partial charge in [0, 0.05) is 23.6 Å². The van der Waals surface area contributed by atoms with E-state index in [-0.39, 0.29) is 11.6 Å². The number of hydrogen-bond donors (Lipinski definition) is 1. The average molecular weight is 338 g/mol. The third-order valence-corrected chi connectivity index (χ3v) is 4.01. The molecule has 2 aromatic carbocycles. The van der Waals surface area contributed by atoms with Crippen molar-refractivity contribution < 1.29 is 14.3 Å². The fourth-order valence-electron chi connectivity index (χ4n) is 2.05. The molecule has 0 aliphatic heterocycles. The van der Waals surface area contributed by atoms with Crippen LogP contribution >= 0.6 is 11.3 Å². The maximum Gasteiger partial charge on any atom is 0.363 e. The molecule has 1 N–H and O–H groups in total. The lowest BCUT2D eigenvalue weighted by Gasteiger charge is -2.04. The van der Waals surface area contributed by atoms with E-state index >= 15 is 0 Å². The third kappa shape index (κ3) is 3.85. The molecule has 24 heavy (non-hydrogen) atoms. The van der Waals surface area contributed by atoms with Gasteiger partial charge in [-0.1, -0.05) is 30.3 Å². The lowest BCUT2D eigenvalue weighted by molar-refractivity contribution is -0.114. The molecule has 0 radical (unpaired) electrons. The molecule has 1 amide bonds. The maximum absolute atomic E-state index is 12.2. The smallest absolute Gasteiger partial charge is 0.363 e. The average Bonchev–Trinajstić information content (AvgIpc) is 3.07. The summed E-state index contributed by atoms with van der Waals surface area (Å²) in [6.45, 7) is 1.43. The van der Waals surface area contributed by atoms with Crippen LogP contribution in [0.5, 0.6) is 5.75 Å². The molecule has 0 spiro atoms.